The van der Waals surface area contributed by atoms with Gasteiger partial charge in [0.2, 0.25) is 0 Å². The molecule has 3 nitrogen and oxygen atoms in total. The molecule has 0 amide bonds. The van der Waals surface area contributed by atoms with Crippen LogP contribution in [0.25, 0.3) is 0 Å². The van der Waals surface area contributed by atoms with Gasteiger partial charge in [-0.2, -0.15) is 0 Å². The highest BCUT2D eigenvalue weighted by Crippen LogP contribution is 2.14. The predicted octanol–water partition coefficient (Wildman–Crippen LogP) is 2.13. The summed E-state index contributed by atoms with van der Waals surface area (Å²) < 4.78 is 5.67. The first-order chi connectivity index (χ1) is 7.84. The number of likely N-dealkylation sites (tertiary alicyclic amines) is 1. The zero-order valence-corrected chi connectivity index (χ0v) is 9.69. The molecule has 1 fully saturated rings. The van der Waals surface area contributed by atoms with Gasteiger partial charge in [-0.15, -0.1) is 0 Å². The van der Waals surface area contributed by atoms with Crippen LogP contribution in [0.5, 0.6) is 5.75 Å². The van der Waals surface area contributed by atoms with Crippen molar-refractivity contribution in [1.82, 2.24) is 4.90 Å². The molecule has 1 heterocycles. The second-order valence-corrected chi connectivity index (χ2v) is 4.32. The third-order valence-corrected chi connectivity index (χ3v) is 2.98. The van der Waals surface area contributed by atoms with E-state index in [2.05, 4.69) is 4.90 Å². The van der Waals surface area contributed by atoms with Crippen molar-refractivity contribution >= 4 is 5.69 Å². The number of rotatable bonds is 4. The first kappa shape index (κ1) is 11.3. The van der Waals surface area contributed by atoms with Gasteiger partial charge in [0.05, 0.1) is 0 Å². The first-order valence-electron chi connectivity index (χ1n) is 6.05. The molecule has 2 rings (SSSR count). The van der Waals surface area contributed by atoms with Gasteiger partial charge in [0.1, 0.15) is 12.4 Å². The van der Waals surface area contributed by atoms with Crippen LogP contribution in [0.3, 0.4) is 0 Å². The highest BCUT2D eigenvalue weighted by atomic mass is 16.5. The summed E-state index contributed by atoms with van der Waals surface area (Å²) in [4.78, 5) is 2.47. The number of piperidine rings is 1. The van der Waals surface area contributed by atoms with Gasteiger partial charge in [0.15, 0.2) is 0 Å². The monoisotopic (exact) mass is 220 g/mol. The Hall–Kier alpha value is -1.22. The minimum Gasteiger partial charge on any atom is -0.492 e. The largest absolute Gasteiger partial charge is 0.492 e. The van der Waals surface area contributed by atoms with Crippen molar-refractivity contribution in [1.29, 1.82) is 0 Å². The van der Waals surface area contributed by atoms with Gasteiger partial charge in [0, 0.05) is 18.3 Å². The molecule has 0 unspecified atom stereocenters. The summed E-state index contributed by atoms with van der Waals surface area (Å²) in [7, 11) is 0. The summed E-state index contributed by atoms with van der Waals surface area (Å²) in [6, 6.07) is 7.62. The number of hydrogen-bond acceptors (Lipinski definition) is 3. The van der Waals surface area contributed by atoms with E-state index in [-0.39, 0.29) is 0 Å². The fourth-order valence-electron chi connectivity index (χ4n) is 2.08. The number of anilines is 1. The van der Waals surface area contributed by atoms with Crippen LogP contribution >= 0.6 is 0 Å². The van der Waals surface area contributed by atoms with Crippen LogP contribution < -0.4 is 10.5 Å². The first-order valence-corrected chi connectivity index (χ1v) is 6.05. The summed E-state index contributed by atoms with van der Waals surface area (Å²) in [5.74, 6) is 0.872. The molecule has 0 aliphatic carbocycles. The Morgan fingerprint density at radius 3 is 2.75 bits per heavy atom. The van der Waals surface area contributed by atoms with Gasteiger partial charge in [-0.3, -0.25) is 4.90 Å². The molecule has 1 aromatic carbocycles. The van der Waals surface area contributed by atoms with Crippen LogP contribution in [0.4, 0.5) is 5.69 Å². The second-order valence-electron chi connectivity index (χ2n) is 4.32. The van der Waals surface area contributed by atoms with Crippen molar-refractivity contribution in [2.75, 3.05) is 32.0 Å². The van der Waals surface area contributed by atoms with Crippen molar-refractivity contribution in [2.45, 2.75) is 19.3 Å². The van der Waals surface area contributed by atoms with Crippen molar-refractivity contribution in [3.8, 4) is 5.75 Å². The molecule has 0 bridgehead atoms. The van der Waals surface area contributed by atoms with E-state index in [0.29, 0.717) is 0 Å². The number of ether oxygens (including phenoxy) is 1. The minimum atomic E-state index is 0.753. The number of benzene rings is 1. The number of hydrogen-bond donors (Lipinski definition) is 1. The summed E-state index contributed by atoms with van der Waals surface area (Å²) >= 11 is 0. The molecule has 1 aliphatic heterocycles. The highest BCUT2D eigenvalue weighted by Gasteiger charge is 2.09. The zero-order chi connectivity index (χ0) is 11.2. The number of nitrogens with zero attached hydrogens (tertiary/aromatic N) is 1. The lowest BCUT2D eigenvalue weighted by Gasteiger charge is -2.26. The van der Waals surface area contributed by atoms with E-state index in [1.165, 1.54) is 32.4 Å². The van der Waals surface area contributed by atoms with Crippen LogP contribution in [-0.4, -0.2) is 31.1 Å². The summed E-state index contributed by atoms with van der Waals surface area (Å²) in [5.41, 5.74) is 6.44. The predicted molar refractivity (Wildman–Crippen MR) is 66.6 cm³/mol. The number of nitrogens with two attached hydrogens (primary N) is 1. The van der Waals surface area contributed by atoms with Crippen LogP contribution in [0.15, 0.2) is 24.3 Å². The molecule has 1 saturated heterocycles. The van der Waals surface area contributed by atoms with Crippen LogP contribution in [-0.2, 0) is 0 Å². The molecule has 0 atom stereocenters. The Bertz CT molecular complexity index is 321. The molecule has 0 radical (unpaired) electrons. The Morgan fingerprint density at radius 2 is 2.00 bits per heavy atom. The van der Waals surface area contributed by atoms with Gasteiger partial charge < -0.3 is 10.5 Å². The smallest absolute Gasteiger partial charge is 0.121 e. The number of nitrogen functional groups attached to an aromatic ring is 1. The average molecular weight is 220 g/mol. The van der Waals surface area contributed by atoms with Crippen LogP contribution in [0.2, 0.25) is 0 Å². The molecule has 0 aromatic heterocycles. The summed E-state index contributed by atoms with van der Waals surface area (Å²) in [6.45, 7) is 4.22. The summed E-state index contributed by atoms with van der Waals surface area (Å²) in [6.07, 6.45) is 4.04. The Balaban J connectivity index is 1.71. The van der Waals surface area contributed by atoms with E-state index >= 15 is 0 Å². The second kappa shape index (κ2) is 5.75. The Morgan fingerprint density at radius 1 is 1.19 bits per heavy atom. The molecule has 0 spiro atoms. The maximum absolute atomic E-state index is 5.68. The molecular weight excluding hydrogens is 200 g/mol. The Labute approximate surface area is 97.2 Å². The fraction of sp³-hybridized carbons (Fsp3) is 0.538. The van der Waals surface area contributed by atoms with E-state index < -0.39 is 0 Å². The van der Waals surface area contributed by atoms with Gasteiger partial charge in [-0.1, -0.05) is 12.5 Å². The van der Waals surface area contributed by atoms with Gasteiger partial charge in [0.25, 0.3) is 0 Å². The highest BCUT2D eigenvalue weighted by molar-refractivity contribution is 5.43. The lowest BCUT2D eigenvalue weighted by Crippen LogP contribution is -2.33. The van der Waals surface area contributed by atoms with E-state index in [1.807, 2.05) is 24.3 Å². The average Bonchev–Trinajstić information content (AvgIpc) is 2.30. The standard InChI is InChI=1S/C13H20N2O/c14-12-5-4-6-13(11-12)16-10-9-15-7-2-1-3-8-15/h4-6,11H,1-3,7-10,14H2. The van der Waals surface area contributed by atoms with Gasteiger partial charge in [-0.05, 0) is 38.1 Å². The minimum absolute atomic E-state index is 0.753. The maximum Gasteiger partial charge on any atom is 0.121 e. The van der Waals surface area contributed by atoms with Gasteiger partial charge >= 0.3 is 0 Å². The lowest BCUT2D eigenvalue weighted by atomic mass is 10.1. The van der Waals surface area contributed by atoms with E-state index in [1.54, 1.807) is 0 Å². The maximum atomic E-state index is 5.68. The van der Waals surface area contributed by atoms with Crippen molar-refractivity contribution < 1.29 is 4.74 Å². The lowest BCUT2D eigenvalue weighted by molar-refractivity contribution is 0.183. The quantitative estimate of drug-likeness (QED) is 0.790. The fourth-order valence-corrected chi connectivity index (χ4v) is 2.08. The SMILES string of the molecule is Nc1cccc(OCCN2CCCCC2)c1. The van der Waals surface area contributed by atoms with E-state index in [9.17, 15) is 0 Å². The van der Waals surface area contributed by atoms with Crippen LogP contribution in [0.1, 0.15) is 19.3 Å². The van der Waals surface area contributed by atoms with Gasteiger partial charge in [-0.25, -0.2) is 0 Å². The molecule has 0 saturated carbocycles. The van der Waals surface area contributed by atoms with E-state index in [4.69, 9.17) is 10.5 Å². The van der Waals surface area contributed by atoms with Crippen molar-refractivity contribution in [3.63, 3.8) is 0 Å². The molecule has 16 heavy (non-hydrogen) atoms. The zero-order valence-electron chi connectivity index (χ0n) is 9.69. The normalized spacial score (nSPS) is 17.2. The van der Waals surface area contributed by atoms with Crippen LogP contribution in [0, 0.1) is 0 Å². The summed E-state index contributed by atoms with van der Waals surface area (Å²) in [5, 5.41) is 0. The molecular formula is C13H20N2O. The molecule has 88 valence electrons. The van der Waals surface area contributed by atoms with E-state index in [0.717, 1.165) is 24.6 Å². The molecule has 1 aromatic rings. The molecule has 2 N–H and O–H groups in total. The molecule has 1 aliphatic rings. The third-order valence-electron chi connectivity index (χ3n) is 2.98. The molecule has 3 heteroatoms. The Kier molecular flexibility index (Phi) is 4.05. The topological polar surface area (TPSA) is 38.5 Å². The van der Waals surface area contributed by atoms with Crippen molar-refractivity contribution in [3.05, 3.63) is 24.3 Å². The van der Waals surface area contributed by atoms with Crippen molar-refractivity contribution in [2.24, 2.45) is 0 Å². The third kappa shape index (κ3) is 3.42.